The molecule has 1 aromatic carbocycles. The van der Waals surface area contributed by atoms with Crippen LogP contribution in [0.3, 0.4) is 0 Å². The summed E-state index contributed by atoms with van der Waals surface area (Å²) in [6, 6.07) is 6.96. The Kier molecular flexibility index (Phi) is 6.81. The van der Waals surface area contributed by atoms with Gasteiger partial charge in [0.05, 0.1) is 0 Å². The minimum Gasteiger partial charge on any atom is -0.461 e. The molecule has 0 radical (unpaired) electrons. The highest BCUT2D eigenvalue weighted by Gasteiger charge is 2.07. The van der Waals surface area contributed by atoms with Crippen molar-refractivity contribution in [3.63, 3.8) is 0 Å². The van der Waals surface area contributed by atoms with E-state index >= 15 is 0 Å². The van der Waals surface area contributed by atoms with Crippen molar-refractivity contribution in [2.75, 3.05) is 0 Å². The van der Waals surface area contributed by atoms with Crippen LogP contribution in [0.5, 0.6) is 0 Å². The van der Waals surface area contributed by atoms with Gasteiger partial charge in [-0.05, 0) is 24.0 Å². The van der Waals surface area contributed by atoms with Crippen LogP contribution in [0.4, 0.5) is 0 Å². The van der Waals surface area contributed by atoms with E-state index in [0.717, 1.165) is 6.42 Å². The second-order valence-electron chi connectivity index (χ2n) is 4.11. The van der Waals surface area contributed by atoms with E-state index in [1.165, 1.54) is 0 Å². The molecular weight excluding hydrogens is 262 g/mol. The van der Waals surface area contributed by atoms with Crippen LogP contribution in [0.25, 0.3) is 0 Å². The zero-order chi connectivity index (χ0) is 14.8. The zero-order valence-electron chi connectivity index (χ0n) is 11.1. The van der Waals surface area contributed by atoms with Gasteiger partial charge in [-0.1, -0.05) is 30.3 Å². The van der Waals surface area contributed by atoms with E-state index in [0.29, 0.717) is 24.0 Å². The summed E-state index contributed by atoms with van der Waals surface area (Å²) in [5.41, 5.74) is 1.33. The smallest absolute Gasteiger partial charge is 0.306 e. The molecular formula is C14H17NO5. The first-order valence-corrected chi connectivity index (χ1v) is 6.24. The van der Waals surface area contributed by atoms with Crippen LogP contribution < -0.4 is 0 Å². The highest BCUT2D eigenvalue weighted by Crippen LogP contribution is 2.12. The third kappa shape index (κ3) is 5.99. The van der Waals surface area contributed by atoms with Gasteiger partial charge in [0.25, 0.3) is 5.09 Å². The van der Waals surface area contributed by atoms with Gasteiger partial charge in [0.1, 0.15) is 13.2 Å². The molecule has 6 heteroatoms. The van der Waals surface area contributed by atoms with Gasteiger partial charge in [0.2, 0.25) is 0 Å². The van der Waals surface area contributed by atoms with E-state index in [2.05, 4.69) is 11.4 Å². The first-order chi connectivity index (χ1) is 9.63. The Bertz CT molecular complexity index is 472. The predicted molar refractivity (Wildman–Crippen MR) is 72.1 cm³/mol. The van der Waals surface area contributed by atoms with Crippen molar-refractivity contribution in [2.45, 2.75) is 32.5 Å². The van der Waals surface area contributed by atoms with Crippen molar-refractivity contribution in [3.8, 4) is 0 Å². The van der Waals surface area contributed by atoms with Crippen molar-refractivity contribution in [1.82, 2.24) is 0 Å². The minimum absolute atomic E-state index is 0.0875. The van der Waals surface area contributed by atoms with E-state index in [9.17, 15) is 14.9 Å². The third-order valence-corrected chi connectivity index (χ3v) is 2.62. The molecule has 0 heterocycles. The molecule has 0 aliphatic rings. The fourth-order valence-corrected chi connectivity index (χ4v) is 1.58. The number of allylic oxidation sites excluding steroid dienone is 1. The number of hydrogen-bond acceptors (Lipinski definition) is 5. The van der Waals surface area contributed by atoms with Crippen LogP contribution in [0.15, 0.2) is 36.9 Å². The molecule has 0 bridgehead atoms. The summed E-state index contributed by atoms with van der Waals surface area (Å²) < 4.78 is 5.12. The predicted octanol–water partition coefficient (Wildman–Crippen LogP) is 2.79. The maximum atomic E-state index is 11.5. The maximum Gasteiger partial charge on any atom is 0.306 e. The molecule has 0 saturated heterocycles. The quantitative estimate of drug-likeness (QED) is 0.228. The molecule has 20 heavy (non-hydrogen) atoms. The molecule has 108 valence electrons. The highest BCUT2D eigenvalue weighted by molar-refractivity contribution is 5.69. The Morgan fingerprint density at radius 3 is 2.55 bits per heavy atom. The lowest BCUT2D eigenvalue weighted by Gasteiger charge is -2.09. The van der Waals surface area contributed by atoms with Gasteiger partial charge >= 0.3 is 5.97 Å². The zero-order valence-corrected chi connectivity index (χ0v) is 11.1. The molecule has 6 nitrogen and oxygen atoms in total. The fourth-order valence-electron chi connectivity index (χ4n) is 1.58. The van der Waals surface area contributed by atoms with Crippen LogP contribution in [0.2, 0.25) is 0 Å². The van der Waals surface area contributed by atoms with Gasteiger partial charge < -0.3 is 9.57 Å². The van der Waals surface area contributed by atoms with Crippen LogP contribution >= 0.6 is 0 Å². The van der Waals surface area contributed by atoms with Crippen molar-refractivity contribution in [2.24, 2.45) is 0 Å². The van der Waals surface area contributed by atoms with Crippen molar-refractivity contribution < 1.29 is 19.5 Å². The van der Waals surface area contributed by atoms with E-state index in [1.807, 2.05) is 0 Å². The molecule has 0 aliphatic carbocycles. The SMILES string of the molecule is C=CCCCC(=O)OCc1ccccc1CO[N+](=O)[O-]. The second-order valence-corrected chi connectivity index (χ2v) is 4.11. The summed E-state index contributed by atoms with van der Waals surface area (Å²) >= 11 is 0. The summed E-state index contributed by atoms with van der Waals surface area (Å²) in [7, 11) is 0. The van der Waals surface area contributed by atoms with Crippen LogP contribution in [-0.4, -0.2) is 11.1 Å². The number of ether oxygens (including phenoxy) is 1. The minimum atomic E-state index is -0.849. The standard InChI is InChI=1S/C14H17NO5/c1-2-3-4-9-14(16)19-10-12-7-5-6-8-13(12)11-20-15(17)18/h2,5-8H,1,3-4,9-11H2. The summed E-state index contributed by atoms with van der Waals surface area (Å²) in [6.45, 7) is 3.51. The molecule has 0 N–H and O–H groups in total. The van der Waals surface area contributed by atoms with E-state index in [1.54, 1.807) is 30.3 Å². The average Bonchev–Trinajstić information content (AvgIpc) is 2.44. The summed E-state index contributed by atoms with van der Waals surface area (Å²) in [5.74, 6) is -0.295. The summed E-state index contributed by atoms with van der Waals surface area (Å²) in [6.07, 6.45) is 3.55. The molecule has 0 aliphatic heterocycles. The normalized spacial score (nSPS) is 9.80. The molecule has 0 saturated carbocycles. The third-order valence-electron chi connectivity index (χ3n) is 2.62. The Morgan fingerprint density at radius 1 is 1.30 bits per heavy atom. The van der Waals surface area contributed by atoms with E-state index in [4.69, 9.17) is 4.74 Å². The van der Waals surface area contributed by atoms with Gasteiger partial charge in [-0.15, -0.1) is 16.7 Å². The van der Waals surface area contributed by atoms with Crippen molar-refractivity contribution in [3.05, 3.63) is 58.2 Å². The van der Waals surface area contributed by atoms with Crippen LogP contribution in [0, 0.1) is 10.1 Å². The maximum absolute atomic E-state index is 11.5. The Labute approximate surface area is 117 Å². The molecule has 0 fully saturated rings. The lowest BCUT2D eigenvalue weighted by atomic mass is 10.1. The lowest BCUT2D eigenvalue weighted by molar-refractivity contribution is -0.763. The molecule has 0 atom stereocenters. The molecule has 1 rings (SSSR count). The highest BCUT2D eigenvalue weighted by atomic mass is 16.9. The number of hydrogen-bond donors (Lipinski definition) is 0. The summed E-state index contributed by atoms with van der Waals surface area (Å²) in [4.78, 5) is 26.0. The molecule has 0 aromatic heterocycles. The second kappa shape index (κ2) is 8.68. The van der Waals surface area contributed by atoms with Crippen molar-refractivity contribution >= 4 is 5.97 Å². The monoisotopic (exact) mass is 279 g/mol. The number of carbonyl (C=O) groups is 1. The van der Waals surface area contributed by atoms with Gasteiger partial charge in [-0.3, -0.25) is 4.79 Å². The van der Waals surface area contributed by atoms with Gasteiger partial charge in [-0.2, -0.15) is 0 Å². The fraction of sp³-hybridized carbons (Fsp3) is 0.357. The average molecular weight is 279 g/mol. The number of benzene rings is 1. The van der Waals surface area contributed by atoms with Gasteiger partial charge in [0, 0.05) is 6.42 Å². The first kappa shape index (κ1) is 15.7. The first-order valence-electron chi connectivity index (χ1n) is 6.24. The number of unbranched alkanes of at least 4 members (excludes halogenated alkanes) is 1. The van der Waals surface area contributed by atoms with Crippen LogP contribution in [0.1, 0.15) is 30.4 Å². The van der Waals surface area contributed by atoms with Gasteiger partial charge in [-0.25, -0.2) is 0 Å². The molecule has 1 aromatic rings. The van der Waals surface area contributed by atoms with E-state index in [-0.39, 0.29) is 19.2 Å². The Hall–Kier alpha value is -2.37. The van der Waals surface area contributed by atoms with E-state index < -0.39 is 5.09 Å². The number of carbonyl (C=O) groups excluding carboxylic acids is 1. The largest absolute Gasteiger partial charge is 0.461 e. The number of rotatable bonds is 9. The molecule has 0 spiro atoms. The Balaban J connectivity index is 2.48. The van der Waals surface area contributed by atoms with Gasteiger partial charge in [0.15, 0.2) is 0 Å². The lowest BCUT2D eigenvalue weighted by Crippen LogP contribution is -2.07. The summed E-state index contributed by atoms with van der Waals surface area (Å²) in [5, 5.41) is 9.34. The van der Waals surface area contributed by atoms with Crippen molar-refractivity contribution in [1.29, 1.82) is 0 Å². The van der Waals surface area contributed by atoms with Crippen LogP contribution in [-0.2, 0) is 27.6 Å². The molecule has 0 amide bonds. The Morgan fingerprint density at radius 2 is 1.95 bits per heavy atom. The number of esters is 1. The molecule has 0 unspecified atom stereocenters. The topological polar surface area (TPSA) is 78.7 Å². The number of nitrogens with zero attached hydrogens (tertiary/aromatic N) is 1.